The molecule has 2 saturated heterocycles. The summed E-state index contributed by atoms with van der Waals surface area (Å²) in [6.45, 7) is 4.76. The first-order chi connectivity index (χ1) is 13.8. The monoisotopic (exact) mass is 502 g/mol. The van der Waals surface area contributed by atoms with Crippen LogP contribution in [-0.2, 0) is 14.6 Å². The number of hydrogen-bond acceptors (Lipinski definition) is 6. The van der Waals surface area contributed by atoms with Gasteiger partial charge >= 0.3 is 0 Å². The van der Waals surface area contributed by atoms with Crippen molar-refractivity contribution in [2.75, 3.05) is 29.6 Å². The second-order valence-electron chi connectivity index (χ2n) is 7.29. The highest BCUT2D eigenvalue weighted by atomic mass is 79.9. The number of ether oxygens (including phenoxy) is 2. The maximum atomic E-state index is 12.4. The zero-order valence-corrected chi connectivity index (χ0v) is 19.5. The van der Waals surface area contributed by atoms with E-state index in [0.29, 0.717) is 29.9 Å². The van der Waals surface area contributed by atoms with Crippen molar-refractivity contribution in [2.45, 2.75) is 38.0 Å². The molecule has 2 atom stereocenters. The minimum Gasteiger partial charge on any atom is -0.490 e. The molecular formula is C19H23BrN2O5S2. The van der Waals surface area contributed by atoms with Gasteiger partial charge in [0.15, 0.2) is 26.5 Å². The molecule has 3 fully saturated rings. The van der Waals surface area contributed by atoms with Crippen LogP contribution in [-0.4, -0.2) is 55.5 Å². The fourth-order valence-electron chi connectivity index (χ4n) is 3.61. The van der Waals surface area contributed by atoms with E-state index in [0.717, 1.165) is 23.0 Å². The van der Waals surface area contributed by atoms with E-state index in [1.54, 1.807) is 0 Å². The number of aliphatic imine (C=N–C) groups is 1. The van der Waals surface area contributed by atoms with Crippen molar-refractivity contribution in [1.82, 2.24) is 0 Å². The first-order valence-corrected chi connectivity index (χ1v) is 13.2. The van der Waals surface area contributed by atoms with Crippen LogP contribution in [0.4, 0.5) is 5.69 Å². The molecule has 1 aliphatic carbocycles. The van der Waals surface area contributed by atoms with E-state index in [2.05, 4.69) is 20.9 Å². The Labute approximate surface area is 183 Å². The van der Waals surface area contributed by atoms with Gasteiger partial charge in [0.1, 0.15) is 0 Å². The van der Waals surface area contributed by atoms with Crippen LogP contribution in [0.15, 0.2) is 21.6 Å². The summed E-state index contributed by atoms with van der Waals surface area (Å²) >= 11 is 4.98. The molecule has 1 amide bonds. The molecule has 7 nitrogen and oxygen atoms in total. The van der Waals surface area contributed by atoms with Gasteiger partial charge in [0.2, 0.25) is 0 Å². The van der Waals surface area contributed by atoms with Gasteiger partial charge in [0.05, 0.1) is 36.4 Å². The number of amides is 1. The highest BCUT2D eigenvalue weighted by molar-refractivity contribution is 9.10. The van der Waals surface area contributed by atoms with Crippen LogP contribution < -0.4 is 14.4 Å². The number of benzene rings is 1. The highest BCUT2D eigenvalue weighted by Gasteiger charge is 2.50. The van der Waals surface area contributed by atoms with Gasteiger partial charge in [-0.2, -0.15) is 4.99 Å². The fraction of sp³-hybridized carbons (Fsp3) is 0.579. The quantitative estimate of drug-likeness (QED) is 0.589. The van der Waals surface area contributed by atoms with E-state index in [1.807, 2.05) is 30.9 Å². The van der Waals surface area contributed by atoms with E-state index >= 15 is 0 Å². The molecule has 1 aromatic rings. The van der Waals surface area contributed by atoms with Crippen molar-refractivity contribution in [3.8, 4) is 11.5 Å². The number of rotatable bonds is 6. The number of thioether (sulfide) groups is 1. The lowest BCUT2D eigenvalue weighted by atomic mass is 10.2. The molecule has 2 aliphatic heterocycles. The van der Waals surface area contributed by atoms with Gasteiger partial charge in [-0.25, -0.2) is 8.42 Å². The molecule has 1 saturated carbocycles. The molecule has 0 N–H and O–H groups in total. The molecule has 2 heterocycles. The summed E-state index contributed by atoms with van der Waals surface area (Å²) in [4.78, 5) is 18.6. The van der Waals surface area contributed by atoms with Gasteiger partial charge in [0, 0.05) is 27.8 Å². The molecule has 1 aromatic carbocycles. The number of carbonyl (C=O) groups excluding carboxylic acids is 1. The van der Waals surface area contributed by atoms with Crippen molar-refractivity contribution >= 4 is 54.3 Å². The summed E-state index contributed by atoms with van der Waals surface area (Å²) in [5.41, 5.74) is 0.733. The van der Waals surface area contributed by atoms with Gasteiger partial charge < -0.3 is 14.4 Å². The van der Waals surface area contributed by atoms with Crippen LogP contribution in [0.2, 0.25) is 0 Å². The van der Waals surface area contributed by atoms with Gasteiger partial charge in [-0.05, 0) is 42.6 Å². The Morgan fingerprint density at radius 1 is 1.21 bits per heavy atom. The maximum absolute atomic E-state index is 12.4. The smallest absolute Gasteiger partial charge is 0.251 e. The van der Waals surface area contributed by atoms with Crippen molar-refractivity contribution in [2.24, 2.45) is 10.9 Å². The van der Waals surface area contributed by atoms with Gasteiger partial charge in [-0.3, -0.25) is 4.79 Å². The predicted molar refractivity (Wildman–Crippen MR) is 118 cm³/mol. The molecule has 29 heavy (non-hydrogen) atoms. The summed E-state index contributed by atoms with van der Waals surface area (Å²) in [6, 6.07) is 3.40. The van der Waals surface area contributed by atoms with E-state index in [4.69, 9.17) is 9.47 Å². The average Bonchev–Trinajstić information content (AvgIpc) is 3.39. The summed E-state index contributed by atoms with van der Waals surface area (Å²) in [5.74, 6) is 1.23. The summed E-state index contributed by atoms with van der Waals surface area (Å²) < 4.78 is 36.7. The third-order valence-corrected chi connectivity index (χ3v) is 8.92. The van der Waals surface area contributed by atoms with Crippen molar-refractivity contribution in [1.29, 1.82) is 0 Å². The van der Waals surface area contributed by atoms with Gasteiger partial charge in [-0.15, -0.1) is 0 Å². The lowest BCUT2D eigenvalue weighted by Crippen LogP contribution is -2.38. The Morgan fingerprint density at radius 3 is 2.48 bits per heavy atom. The predicted octanol–water partition coefficient (Wildman–Crippen LogP) is 3.26. The highest BCUT2D eigenvalue weighted by Crippen LogP contribution is 2.46. The zero-order valence-electron chi connectivity index (χ0n) is 16.3. The molecule has 3 aliphatic rings. The first kappa shape index (κ1) is 21.0. The number of fused-ring (bicyclic) bond motifs is 1. The molecule has 0 bridgehead atoms. The maximum Gasteiger partial charge on any atom is 0.251 e. The number of anilines is 1. The molecule has 0 aromatic heterocycles. The topological polar surface area (TPSA) is 85.3 Å². The Hall–Kier alpha value is -1.26. The molecular weight excluding hydrogens is 480 g/mol. The number of nitrogens with zero attached hydrogens (tertiary/aromatic N) is 2. The van der Waals surface area contributed by atoms with Crippen LogP contribution >= 0.6 is 27.7 Å². The summed E-state index contributed by atoms with van der Waals surface area (Å²) in [5, 5.41) is 0.430. The third kappa shape index (κ3) is 4.29. The van der Waals surface area contributed by atoms with E-state index in [9.17, 15) is 13.2 Å². The molecule has 0 spiro atoms. The third-order valence-electron chi connectivity index (χ3n) is 5.07. The normalized spacial score (nSPS) is 26.6. The minimum atomic E-state index is -3.13. The van der Waals surface area contributed by atoms with Crippen LogP contribution in [0.1, 0.15) is 26.7 Å². The Bertz CT molecular complexity index is 962. The number of carbonyl (C=O) groups is 1. The Morgan fingerprint density at radius 2 is 1.86 bits per heavy atom. The number of halogens is 1. The zero-order chi connectivity index (χ0) is 20.8. The van der Waals surface area contributed by atoms with E-state index in [1.165, 1.54) is 11.8 Å². The number of hydrogen-bond donors (Lipinski definition) is 0. The van der Waals surface area contributed by atoms with Crippen LogP contribution in [0, 0.1) is 5.92 Å². The van der Waals surface area contributed by atoms with Gasteiger partial charge in [-0.1, -0.05) is 11.8 Å². The van der Waals surface area contributed by atoms with Crippen molar-refractivity contribution in [3.05, 3.63) is 16.6 Å². The van der Waals surface area contributed by atoms with Crippen LogP contribution in [0.25, 0.3) is 0 Å². The van der Waals surface area contributed by atoms with Crippen molar-refractivity contribution in [3.63, 3.8) is 0 Å². The van der Waals surface area contributed by atoms with Crippen LogP contribution in [0.5, 0.6) is 11.5 Å². The number of amidine groups is 1. The lowest BCUT2D eigenvalue weighted by molar-refractivity contribution is -0.118. The standard InChI is InChI=1S/C19H23BrN2O5S2/c1-3-26-15-7-12(20)13(8-16(15)27-4-2)22-14-9-29(24,25)10-17(14)28-19(22)21-18(23)11-5-6-11/h7-8,11,14,17H,3-6,9-10H2,1-2H3/t14-,17+/m0/s1. The van der Waals surface area contributed by atoms with E-state index in [-0.39, 0.29) is 34.6 Å². The average molecular weight is 503 g/mol. The molecule has 4 rings (SSSR count). The number of sulfone groups is 1. The van der Waals surface area contributed by atoms with Crippen molar-refractivity contribution < 1.29 is 22.7 Å². The molecule has 158 valence electrons. The van der Waals surface area contributed by atoms with Gasteiger partial charge in [0.25, 0.3) is 5.91 Å². The minimum absolute atomic E-state index is 0.0110. The molecule has 10 heteroatoms. The summed E-state index contributed by atoms with van der Waals surface area (Å²) in [7, 11) is -3.13. The Kier molecular flexibility index (Phi) is 5.87. The second kappa shape index (κ2) is 8.11. The molecule has 0 unspecified atom stereocenters. The van der Waals surface area contributed by atoms with E-state index < -0.39 is 9.84 Å². The Balaban J connectivity index is 1.77. The largest absolute Gasteiger partial charge is 0.490 e. The lowest BCUT2D eigenvalue weighted by Gasteiger charge is -2.27. The first-order valence-electron chi connectivity index (χ1n) is 9.71. The second-order valence-corrected chi connectivity index (χ2v) is 11.5. The molecule has 0 radical (unpaired) electrons. The van der Waals surface area contributed by atoms with Crippen LogP contribution in [0.3, 0.4) is 0 Å². The fourth-order valence-corrected chi connectivity index (χ4v) is 8.03. The summed E-state index contributed by atoms with van der Waals surface area (Å²) in [6.07, 6.45) is 1.76. The SMILES string of the molecule is CCOc1cc(Br)c(N2C(=NC(=O)C3CC3)S[C@@H]3CS(=O)(=O)C[C@@H]32)cc1OCC.